The fourth-order valence-electron chi connectivity index (χ4n) is 1.27. The van der Waals surface area contributed by atoms with Crippen LogP contribution in [0.25, 0.3) is 0 Å². The summed E-state index contributed by atoms with van der Waals surface area (Å²) in [7, 11) is 0. The summed E-state index contributed by atoms with van der Waals surface area (Å²) in [6, 6.07) is 0. The highest BCUT2D eigenvalue weighted by atomic mass is 19.1. The first-order valence-electron chi connectivity index (χ1n) is 4.01. The molecule has 1 saturated heterocycles. The molecule has 1 amide bonds. The van der Waals surface area contributed by atoms with Crippen molar-refractivity contribution < 1.29 is 9.18 Å². The molecule has 4 heteroatoms. The highest BCUT2D eigenvalue weighted by Gasteiger charge is 2.19. The molecule has 1 fully saturated rings. The van der Waals surface area contributed by atoms with E-state index >= 15 is 0 Å². The van der Waals surface area contributed by atoms with E-state index in [2.05, 4.69) is 0 Å². The number of likely N-dealkylation sites (tertiary alicyclic amines) is 1. The summed E-state index contributed by atoms with van der Waals surface area (Å²) in [5.74, 6) is -0.453. The van der Waals surface area contributed by atoms with Crippen LogP contribution in [0.1, 0.15) is 6.42 Å². The number of carbonyl (C=O) groups is 1. The third kappa shape index (κ3) is 3.00. The highest BCUT2D eigenvalue weighted by Crippen LogP contribution is 2.11. The molecule has 1 heterocycles. The molecule has 0 saturated carbocycles. The summed E-state index contributed by atoms with van der Waals surface area (Å²) in [6.07, 6.45) is 2.88. The van der Waals surface area contributed by atoms with E-state index in [0.717, 1.165) is 6.54 Å². The Hall–Kier alpha value is -0.900. The van der Waals surface area contributed by atoms with E-state index in [-0.39, 0.29) is 0 Å². The van der Waals surface area contributed by atoms with Gasteiger partial charge in [0, 0.05) is 19.6 Å². The lowest BCUT2D eigenvalue weighted by Gasteiger charge is -2.10. The molecule has 0 unspecified atom stereocenters. The van der Waals surface area contributed by atoms with Crippen molar-refractivity contribution >= 4 is 5.91 Å². The van der Waals surface area contributed by atoms with Gasteiger partial charge in [-0.3, -0.25) is 9.69 Å². The molecule has 0 aromatic rings. The van der Waals surface area contributed by atoms with Crippen LogP contribution in [0.4, 0.5) is 4.39 Å². The third-order valence-corrected chi connectivity index (χ3v) is 1.86. The molecule has 1 atom stereocenters. The summed E-state index contributed by atoms with van der Waals surface area (Å²) in [6.45, 7) is 1.86. The summed E-state index contributed by atoms with van der Waals surface area (Å²) in [4.78, 5) is 12.2. The van der Waals surface area contributed by atoms with Crippen LogP contribution < -0.4 is 5.73 Å². The first kappa shape index (κ1) is 9.19. The number of nitrogens with two attached hydrogens (primary N) is 1. The van der Waals surface area contributed by atoms with Crippen LogP contribution >= 0.6 is 0 Å². The number of alkyl halides is 1. The summed E-state index contributed by atoms with van der Waals surface area (Å²) in [5, 5.41) is 0. The molecule has 0 bridgehead atoms. The SMILES string of the molecule is NC(=O)C=CCN1CC[C@H](F)C1. The molecular formula is C8H13FN2O. The maximum absolute atomic E-state index is 12.6. The standard InChI is InChI=1S/C8H13FN2O/c9-7-3-5-11(6-7)4-1-2-8(10)12/h1-2,7H,3-6H2,(H2,10,12)/t7-/m0/s1. The largest absolute Gasteiger partial charge is 0.366 e. The van der Waals surface area contributed by atoms with Crippen LogP contribution in [0, 0.1) is 0 Å². The molecule has 0 aromatic heterocycles. The van der Waals surface area contributed by atoms with E-state index < -0.39 is 12.1 Å². The Bertz CT molecular complexity index is 193. The van der Waals surface area contributed by atoms with Gasteiger partial charge in [0.25, 0.3) is 0 Å². The lowest BCUT2D eigenvalue weighted by atomic mass is 10.3. The van der Waals surface area contributed by atoms with Crippen LogP contribution in [-0.4, -0.2) is 36.6 Å². The zero-order valence-corrected chi connectivity index (χ0v) is 6.87. The van der Waals surface area contributed by atoms with Crippen molar-refractivity contribution in [2.45, 2.75) is 12.6 Å². The third-order valence-electron chi connectivity index (χ3n) is 1.86. The molecule has 0 radical (unpaired) electrons. The predicted molar refractivity (Wildman–Crippen MR) is 44.3 cm³/mol. The van der Waals surface area contributed by atoms with Gasteiger partial charge in [-0.25, -0.2) is 4.39 Å². The zero-order valence-electron chi connectivity index (χ0n) is 6.87. The van der Waals surface area contributed by atoms with Gasteiger partial charge in [0.05, 0.1) is 0 Å². The summed E-state index contributed by atoms with van der Waals surface area (Å²) >= 11 is 0. The Labute approximate surface area is 71.0 Å². The molecule has 0 spiro atoms. The van der Waals surface area contributed by atoms with Gasteiger partial charge in [-0.2, -0.15) is 0 Å². The highest BCUT2D eigenvalue weighted by molar-refractivity contribution is 5.85. The van der Waals surface area contributed by atoms with E-state index in [1.165, 1.54) is 6.08 Å². The first-order chi connectivity index (χ1) is 5.68. The van der Waals surface area contributed by atoms with Gasteiger partial charge in [-0.05, 0) is 12.5 Å². The Morgan fingerprint density at radius 3 is 3.00 bits per heavy atom. The van der Waals surface area contributed by atoms with E-state index in [1.807, 2.05) is 4.90 Å². The van der Waals surface area contributed by atoms with E-state index in [0.29, 0.717) is 19.5 Å². The first-order valence-corrected chi connectivity index (χ1v) is 4.01. The molecule has 2 N–H and O–H groups in total. The minimum absolute atomic E-state index is 0.453. The second-order valence-electron chi connectivity index (χ2n) is 2.95. The van der Waals surface area contributed by atoms with Crippen molar-refractivity contribution in [1.82, 2.24) is 4.90 Å². The Morgan fingerprint density at radius 2 is 2.50 bits per heavy atom. The fraction of sp³-hybridized carbons (Fsp3) is 0.625. The van der Waals surface area contributed by atoms with Gasteiger partial charge in [0.15, 0.2) is 0 Å². The number of hydrogen-bond acceptors (Lipinski definition) is 2. The van der Waals surface area contributed by atoms with E-state index in [9.17, 15) is 9.18 Å². The molecular weight excluding hydrogens is 159 g/mol. The van der Waals surface area contributed by atoms with Gasteiger partial charge in [0.2, 0.25) is 5.91 Å². The fourth-order valence-corrected chi connectivity index (χ4v) is 1.27. The van der Waals surface area contributed by atoms with Gasteiger partial charge >= 0.3 is 0 Å². The van der Waals surface area contributed by atoms with Crippen LogP contribution in [0.3, 0.4) is 0 Å². The minimum Gasteiger partial charge on any atom is -0.366 e. The molecule has 68 valence electrons. The predicted octanol–water partition coefficient (Wildman–Crippen LogP) is 0.0717. The van der Waals surface area contributed by atoms with Gasteiger partial charge in [0.1, 0.15) is 6.17 Å². The minimum atomic E-state index is -0.702. The topological polar surface area (TPSA) is 46.3 Å². The van der Waals surface area contributed by atoms with Gasteiger partial charge in [-0.1, -0.05) is 6.08 Å². The van der Waals surface area contributed by atoms with E-state index in [1.54, 1.807) is 6.08 Å². The zero-order chi connectivity index (χ0) is 8.97. The van der Waals surface area contributed by atoms with Crippen molar-refractivity contribution in [3.8, 4) is 0 Å². The monoisotopic (exact) mass is 172 g/mol. The summed E-state index contributed by atoms with van der Waals surface area (Å²) < 4.78 is 12.6. The maximum Gasteiger partial charge on any atom is 0.241 e. The molecule has 1 aliphatic rings. The Kier molecular flexibility index (Phi) is 3.22. The van der Waals surface area contributed by atoms with Crippen LogP contribution in [-0.2, 0) is 4.79 Å². The lowest BCUT2D eigenvalue weighted by molar-refractivity contribution is -0.113. The van der Waals surface area contributed by atoms with Crippen molar-refractivity contribution in [1.29, 1.82) is 0 Å². The maximum atomic E-state index is 12.6. The number of amides is 1. The van der Waals surface area contributed by atoms with E-state index in [4.69, 9.17) is 5.73 Å². The Morgan fingerprint density at radius 1 is 1.75 bits per heavy atom. The molecule has 0 aliphatic carbocycles. The molecule has 0 aromatic carbocycles. The van der Waals surface area contributed by atoms with Crippen molar-refractivity contribution in [2.24, 2.45) is 5.73 Å². The number of primary amides is 1. The normalized spacial score (nSPS) is 25.2. The number of hydrogen-bond donors (Lipinski definition) is 1. The quantitative estimate of drug-likeness (QED) is 0.612. The Balaban J connectivity index is 2.20. The van der Waals surface area contributed by atoms with Crippen molar-refractivity contribution in [3.05, 3.63) is 12.2 Å². The van der Waals surface area contributed by atoms with Gasteiger partial charge in [-0.15, -0.1) is 0 Å². The molecule has 3 nitrogen and oxygen atoms in total. The molecule has 12 heavy (non-hydrogen) atoms. The number of nitrogens with zero attached hydrogens (tertiary/aromatic N) is 1. The smallest absolute Gasteiger partial charge is 0.241 e. The number of halogens is 1. The average molecular weight is 172 g/mol. The second-order valence-corrected chi connectivity index (χ2v) is 2.95. The van der Waals surface area contributed by atoms with Crippen molar-refractivity contribution in [3.63, 3.8) is 0 Å². The molecule has 1 rings (SSSR count). The van der Waals surface area contributed by atoms with Gasteiger partial charge < -0.3 is 5.73 Å². The number of carbonyl (C=O) groups excluding carboxylic acids is 1. The van der Waals surface area contributed by atoms with Crippen molar-refractivity contribution in [2.75, 3.05) is 19.6 Å². The average Bonchev–Trinajstić information content (AvgIpc) is 2.35. The lowest BCUT2D eigenvalue weighted by Crippen LogP contribution is -2.21. The second kappa shape index (κ2) is 4.21. The summed E-state index contributed by atoms with van der Waals surface area (Å²) in [5.41, 5.74) is 4.89. The molecule has 1 aliphatic heterocycles. The van der Waals surface area contributed by atoms with Crippen LogP contribution in [0.5, 0.6) is 0 Å². The number of rotatable bonds is 3. The van der Waals surface area contributed by atoms with Crippen LogP contribution in [0.15, 0.2) is 12.2 Å². The van der Waals surface area contributed by atoms with Crippen LogP contribution in [0.2, 0.25) is 0 Å².